The van der Waals surface area contributed by atoms with Crippen molar-refractivity contribution in [1.29, 1.82) is 0 Å². The van der Waals surface area contributed by atoms with Crippen LogP contribution in [0.25, 0.3) is 0 Å². The molecule has 0 bridgehead atoms. The highest BCUT2D eigenvalue weighted by Crippen LogP contribution is 2.46. The summed E-state index contributed by atoms with van der Waals surface area (Å²) in [5, 5.41) is 3.70. The number of nitrogens with zero attached hydrogens (tertiary/aromatic N) is 2. The van der Waals surface area contributed by atoms with E-state index in [9.17, 15) is 0 Å². The van der Waals surface area contributed by atoms with Crippen molar-refractivity contribution in [3.63, 3.8) is 0 Å². The lowest BCUT2D eigenvalue weighted by atomic mass is 10.0. The predicted octanol–water partition coefficient (Wildman–Crippen LogP) is 4.06. The van der Waals surface area contributed by atoms with Crippen molar-refractivity contribution < 1.29 is 9.47 Å². The monoisotopic (exact) mass is 347 g/mol. The van der Waals surface area contributed by atoms with Crippen LogP contribution in [0, 0.1) is 0 Å². The van der Waals surface area contributed by atoms with E-state index in [-0.39, 0.29) is 5.54 Å². The zero-order valence-electron chi connectivity index (χ0n) is 14.7. The smallest absolute Gasteiger partial charge is 0.321 e. The fourth-order valence-corrected chi connectivity index (χ4v) is 3.04. The topological polar surface area (TPSA) is 56.3 Å². The summed E-state index contributed by atoms with van der Waals surface area (Å²) in [5.41, 5.74) is 2.55. The van der Waals surface area contributed by atoms with Crippen molar-refractivity contribution in [2.75, 3.05) is 7.11 Å². The van der Waals surface area contributed by atoms with Crippen molar-refractivity contribution >= 4 is 0 Å². The summed E-state index contributed by atoms with van der Waals surface area (Å²) in [6.07, 6.45) is 5.62. The molecule has 0 aliphatic heterocycles. The predicted molar refractivity (Wildman–Crippen MR) is 99.3 cm³/mol. The van der Waals surface area contributed by atoms with Crippen LogP contribution in [0.5, 0.6) is 17.5 Å². The molecule has 3 aromatic rings. The molecule has 132 valence electrons. The number of methoxy groups -OCH3 is 1. The van der Waals surface area contributed by atoms with Gasteiger partial charge in [-0.05, 0) is 54.3 Å². The molecule has 0 spiro atoms. The first-order chi connectivity index (χ1) is 12.8. The molecule has 26 heavy (non-hydrogen) atoms. The molecule has 2 aromatic carbocycles. The Labute approximate surface area is 153 Å². The molecule has 0 atom stereocenters. The second-order valence-corrected chi connectivity index (χ2v) is 6.44. The maximum Gasteiger partial charge on any atom is 0.321 e. The Hall–Kier alpha value is -2.92. The van der Waals surface area contributed by atoms with Crippen LogP contribution in [-0.2, 0) is 12.1 Å². The molecule has 1 fully saturated rings. The van der Waals surface area contributed by atoms with Gasteiger partial charge < -0.3 is 14.8 Å². The van der Waals surface area contributed by atoms with E-state index in [0.717, 1.165) is 30.9 Å². The minimum absolute atomic E-state index is 0.0751. The molecule has 1 aliphatic carbocycles. The summed E-state index contributed by atoms with van der Waals surface area (Å²) in [7, 11) is 1.69. The lowest BCUT2D eigenvalue weighted by Gasteiger charge is -2.18. The molecule has 1 N–H and O–H groups in total. The number of nitrogens with one attached hydrogen (secondary N) is 1. The van der Waals surface area contributed by atoms with Crippen molar-refractivity contribution in [2.45, 2.75) is 24.9 Å². The second kappa shape index (κ2) is 7.14. The van der Waals surface area contributed by atoms with E-state index in [1.807, 2.05) is 30.3 Å². The van der Waals surface area contributed by atoms with E-state index in [1.165, 1.54) is 11.1 Å². The summed E-state index contributed by atoms with van der Waals surface area (Å²) >= 11 is 0. The molecular weight excluding hydrogens is 326 g/mol. The van der Waals surface area contributed by atoms with E-state index < -0.39 is 0 Å². The highest BCUT2D eigenvalue weighted by Gasteiger charge is 2.43. The summed E-state index contributed by atoms with van der Waals surface area (Å²) in [5.74, 6) is 1.63. The Morgan fingerprint density at radius 1 is 0.962 bits per heavy atom. The average molecular weight is 347 g/mol. The maximum atomic E-state index is 5.71. The number of rotatable bonds is 7. The molecule has 1 aromatic heterocycles. The van der Waals surface area contributed by atoms with Gasteiger partial charge in [0.15, 0.2) is 0 Å². The Morgan fingerprint density at radius 2 is 1.73 bits per heavy atom. The van der Waals surface area contributed by atoms with Crippen LogP contribution in [0.15, 0.2) is 67.0 Å². The Kier molecular flexibility index (Phi) is 4.54. The van der Waals surface area contributed by atoms with Crippen LogP contribution >= 0.6 is 0 Å². The number of hydrogen-bond acceptors (Lipinski definition) is 5. The molecule has 1 aliphatic rings. The molecule has 0 radical (unpaired) electrons. The highest BCUT2D eigenvalue weighted by atomic mass is 16.5. The number of aromatic nitrogens is 2. The van der Waals surface area contributed by atoms with E-state index in [2.05, 4.69) is 33.5 Å². The van der Waals surface area contributed by atoms with Crippen LogP contribution in [0.2, 0.25) is 0 Å². The van der Waals surface area contributed by atoms with E-state index in [1.54, 1.807) is 25.6 Å². The van der Waals surface area contributed by atoms with E-state index in [4.69, 9.17) is 9.47 Å². The minimum Gasteiger partial charge on any atom is -0.497 e. The number of ether oxygens (including phenoxy) is 2. The van der Waals surface area contributed by atoms with Crippen molar-refractivity contribution in [1.82, 2.24) is 15.3 Å². The van der Waals surface area contributed by atoms with Crippen molar-refractivity contribution in [2.24, 2.45) is 0 Å². The second-order valence-electron chi connectivity index (χ2n) is 6.44. The molecule has 5 heteroatoms. The maximum absolute atomic E-state index is 5.71. The van der Waals surface area contributed by atoms with Gasteiger partial charge in [-0.1, -0.05) is 24.3 Å². The number of benzene rings is 2. The third kappa shape index (κ3) is 3.68. The standard InChI is InChI=1S/C21H21N3O2/c1-25-18-8-6-17(7-9-18)21(10-11-21)24-15-16-4-2-5-19(14-16)26-20-22-12-3-13-23-20/h2-9,12-14,24H,10-11,15H2,1H3. The van der Waals surface area contributed by atoms with Gasteiger partial charge in [-0.2, -0.15) is 0 Å². The normalized spacial score (nSPS) is 14.7. The zero-order valence-corrected chi connectivity index (χ0v) is 14.7. The lowest BCUT2D eigenvalue weighted by molar-refractivity contribution is 0.414. The largest absolute Gasteiger partial charge is 0.497 e. The van der Waals surface area contributed by atoms with Gasteiger partial charge in [0.05, 0.1) is 7.11 Å². The summed E-state index contributed by atoms with van der Waals surface area (Å²) < 4.78 is 11.0. The summed E-state index contributed by atoms with van der Waals surface area (Å²) in [4.78, 5) is 8.19. The SMILES string of the molecule is COc1ccc(C2(NCc3cccc(Oc4ncccn4)c3)CC2)cc1. The number of hydrogen-bond donors (Lipinski definition) is 1. The zero-order chi connectivity index (χ0) is 17.8. The first-order valence-electron chi connectivity index (χ1n) is 8.71. The Bertz CT molecular complexity index is 862. The fourth-order valence-electron chi connectivity index (χ4n) is 3.04. The van der Waals surface area contributed by atoms with Gasteiger partial charge in [0.25, 0.3) is 0 Å². The third-order valence-electron chi connectivity index (χ3n) is 4.67. The molecule has 5 nitrogen and oxygen atoms in total. The molecule has 0 amide bonds. The van der Waals surface area contributed by atoms with Crippen LogP contribution in [0.1, 0.15) is 24.0 Å². The quantitative estimate of drug-likeness (QED) is 0.698. The fraction of sp³-hybridized carbons (Fsp3) is 0.238. The van der Waals surface area contributed by atoms with Gasteiger partial charge in [-0.3, -0.25) is 0 Å². The first kappa shape index (κ1) is 16.5. The van der Waals surface area contributed by atoms with Crippen LogP contribution in [0.4, 0.5) is 0 Å². The molecule has 0 unspecified atom stereocenters. The molecule has 1 heterocycles. The molecule has 1 saturated carbocycles. The van der Waals surface area contributed by atoms with Gasteiger partial charge in [0.2, 0.25) is 0 Å². The Balaban J connectivity index is 1.42. The van der Waals surface area contributed by atoms with Crippen LogP contribution in [0.3, 0.4) is 0 Å². The third-order valence-corrected chi connectivity index (χ3v) is 4.67. The molecule has 0 saturated heterocycles. The van der Waals surface area contributed by atoms with Gasteiger partial charge in [-0.25, -0.2) is 9.97 Å². The highest BCUT2D eigenvalue weighted by molar-refractivity contribution is 5.36. The van der Waals surface area contributed by atoms with E-state index in [0.29, 0.717) is 6.01 Å². The van der Waals surface area contributed by atoms with Gasteiger partial charge in [-0.15, -0.1) is 0 Å². The van der Waals surface area contributed by atoms with Gasteiger partial charge >= 0.3 is 6.01 Å². The van der Waals surface area contributed by atoms with E-state index >= 15 is 0 Å². The molecule has 4 rings (SSSR count). The van der Waals surface area contributed by atoms with Gasteiger partial charge in [0.1, 0.15) is 11.5 Å². The minimum atomic E-state index is 0.0751. The van der Waals surface area contributed by atoms with Crippen molar-refractivity contribution in [3.05, 3.63) is 78.1 Å². The molecular formula is C21H21N3O2. The lowest BCUT2D eigenvalue weighted by Crippen LogP contribution is -2.28. The van der Waals surface area contributed by atoms with Crippen molar-refractivity contribution in [3.8, 4) is 17.5 Å². The summed E-state index contributed by atoms with van der Waals surface area (Å²) in [6, 6.07) is 18.5. The average Bonchev–Trinajstić information content (AvgIpc) is 3.49. The Morgan fingerprint density at radius 3 is 2.42 bits per heavy atom. The van der Waals surface area contributed by atoms with Crippen LogP contribution < -0.4 is 14.8 Å². The van der Waals surface area contributed by atoms with Crippen LogP contribution in [-0.4, -0.2) is 17.1 Å². The summed E-state index contributed by atoms with van der Waals surface area (Å²) in [6.45, 7) is 0.777. The first-order valence-corrected chi connectivity index (χ1v) is 8.71. The van der Waals surface area contributed by atoms with Gasteiger partial charge in [0, 0.05) is 24.5 Å².